The molecule has 0 bridgehead atoms. The normalized spacial score (nSPS) is 14.9. The SMILES string of the molecule is C[C@@H](CN)SC[C@H](NC(=O)OC(C)(C)C)C(=O)OC(C)(C)C. The molecule has 22 heavy (non-hydrogen) atoms. The summed E-state index contributed by atoms with van der Waals surface area (Å²) in [6.45, 7) is 13.1. The van der Waals surface area contributed by atoms with Gasteiger partial charge in [-0.15, -0.1) is 0 Å². The van der Waals surface area contributed by atoms with E-state index in [1.165, 1.54) is 11.8 Å². The highest BCUT2D eigenvalue weighted by atomic mass is 32.2. The van der Waals surface area contributed by atoms with Gasteiger partial charge in [0, 0.05) is 17.5 Å². The van der Waals surface area contributed by atoms with E-state index in [4.69, 9.17) is 15.2 Å². The molecule has 0 radical (unpaired) electrons. The summed E-state index contributed by atoms with van der Waals surface area (Å²) in [5.74, 6) is -0.0953. The van der Waals surface area contributed by atoms with Crippen molar-refractivity contribution >= 4 is 23.8 Å². The summed E-state index contributed by atoms with van der Waals surface area (Å²) >= 11 is 1.50. The minimum absolute atomic E-state index is 0.186. The van der Waals surface area contributed by atoms with Crippen molar-refractivity contribution in [1.29, 1.82) is 0 Å². The van der Waals surface area contributed by atoms with Crippen LogP contribution in [0.1, 0.15) is 48.5 Å². The molecule has 0 aliphatic rings. The Morgan fingerprint density at radius 2 is 1.59 bits per heavy atom. The molecule has 0 aromatic carbocycles. The second kappa shape index (κ2) is 8.62. The van der Waals surface area contributed by atoms with E-state index in [9.17, 15) is 9.59 Å². The van der Waals surface area contributed by atoms with Gasteiger partial charge in [-0.1, -0.05) is 6.92 Å². The number of rotatable bonds is 6. The first-order chi connectivity index (χ1) is 9.84. The molecular weight excluding hydrogens is 304 g/mol. The van der Waals surface area contributed by atoms with Crippen LogP contribution in [-0.2, 0) is 14.3 Å². The van der Waals surface area contributed by atoms with E-state index in [1.54, 1.807) is 41.5 Å². The van der Waals surface area contributed by atoms with Gasteiger partial charge in [0.15, 0.2) is 0 Å². The van der Waals surface area contributed by atoms with Crippen molar-refractivity contribution in [1.82, 2.24) is 5.32 Å². The minimum Gasteiger partial charge on any atom is -0.458 e. The van der Waals surface area contributed by atoms with Crippen LogP contribution in [0.15, 0.2) is 0 Å². The molecule has 0 saturated heterocycles. The zero-order valence-corrected chi connectivity index (χ0v) is 15.5. The molecule has 0 aliphatic heterocycles. The van der Waals surface area contributed by atoms with Gasteiger partial charge in [0.1, 0.15) is 17.2 Å². The lowest BCUT2D eigenvalue weighted by molar-refractivity contribution is -0.156. The molecule has 130 valence electrons. The first kappa shape index (κ1) is 21.0. The van der Waals surface area contributed by atoms with Crippen molar-refractivity contribution in [2.45, 2.75) is 71.0 Å². The highest BCUT2D eigenvalue weighted by Crippen LogP contribution is 2.15. The highest BCUT2D eigenvalue weighted by molar-refractivity contribution is 8.00. The van der Waals surface area contributed by atoms with Crippen LogP contribution in [0.4, 0.5) is 4.79 Å². The van der Waals surface area contributed by atoms with Crippen LogP contribution in [0.5, 0.6) is 0 Å². The van der Waals surface area contributed by atoms with Crippen molar-refractivity contribution in [2.24, 2.45) is 5.73 Å². The molecule has 7 heteroatoms. The fourth-order valence-electron chi connectivity index (χ4n) is 1.32. The quantitative estimate of drug-likeness (QED) is 0.724. The van der Waals surface area contributed by atoms with Gasteiger partial charge < -0.3 is 20.5 Å². The average molecular weight is 334 g/mol. The highest BCUT2D eigenvalue weighted by Gasteiger charge is 2.29. The minimum atomic E-state index is -0.770. The van der Waals surface area contributed by atoms with Crippen LogP contribution >= 0.6 is 11.8 Å². The summed E-state index contributed by atoms with van der Waals surface area (Å²) in [6.07, 6.45) is -0.635. The molecule has 0 aliphatic carbocycles. The topological polar surface area (TPSA) is 90.6 Å². The molecule has 0 unspecified atom stereocenters. The third-order valence-electron chi connectivity index (χ3n) is 2.26. The van der Waals surface area contributed by atoms with Crippen molar-refractivity contribution in [2.75, 3.05) is 12.3 Å². The van der Waals surface area contributed by atoms with Crippen LogP contribution in [-0.4, -0.2) is 46.9 Å². The summed E-state index contributed by atoms with van der Waals surface area (Å²) in [5.41, 5.74) is 4.33. The zero-order chi connectivity index (χ0) is 17.6. The molecule has 0 heterocycles. The molecule has 0 spiro atoms. The van der Waals surface area contributed by atoms with Crippen molar-refractivity contribution in [3.05, 3.63) is 0 Å². The maximum absolute atomic E-state index is 12.2. The van der Waals surface area contributed by atoms with E-state index in [2.05, 4.69) is 5.32 Å². The second-order valence-corrected chi connectivity index (χ2v) is 8.58. The number of hydrogen-bond donors (Lipinski definition) is 2. The van der Waals surface area contributed by atoms with Gasteiger partial charge in [-0.2, -0.15) is 11.8 Å². The fourth-order valence-corrected chi connectivity index (χ4v) is 2.20. The van der Waals surface area contributed by atoms with E-state index >= 15 is 0 Å². The standard InChI is InChI=1S/C15H30N2O4S/c1-10(8-16)22-9-11(12(18)20-14(2,3)4)17-13(19)21-15(5,6)7/h10-11H,8-9,16H2,1-7H3,(H,17,19)/t10-,11-/m0/s1. The van der Waals surface area contributed by atoms with E-state index in [0.717, 1.165) is 0 Å². The lowest BCUT2D eigenvalue weighted by Crippen LogP contribution is -2.47. The van der Waals surface area contributed by atoms with Crippen LogP contribution < -0.4 is 11.1 Å². The summed E-state index contributed by atoms with van der Waals surface area (Å²) < 4.78 is 10.5. The van der Waals surface area contributed by atoms with Gasteiger partial charge in [-0.25, -0.2) is 9.59 Å². The second-order valence-electron chi connectivity index (χ2n) is 7.11. The summed E-state index contributed by atoms with van der Waals surface area (Å²) in [7, 11) is 0. The molecule has 3 N–H and O–H groups in total. The molecule has 1 amide bonds. The van der Waals surface area contributed by atoms with Crippen LogP contribution in [0, 0.1) is 0 Å². The Balaban J connectivity index is 4.78. The number of amides is 1. The number of hydrogen-bond acceptors (Lipinski definition) is 6. The number of ether oxygens (including phenoxy) is 2. The molecule has 6 nitrogen and oxygen atoms in total. The molecule has 0 fully saturated rings. The first-order valence-electron chi connectivity index (χ1n) is 7.38. The third-order valence-corrected chi connectivity index (χ3v) is 3.55. The predicted molar refractivity (Wildman–Crippen MR) is 90.0 cm³/mol. The number of esters is 1. The number of nitrogens with two attached hydrogens (primary N) is 1. The number of thioether (sulfide) groups is 1. The fraction of sp³-hybridized carbons (Fsp3) is 0.867. The Bertz CT molecular complexity index is 375. The molecule has 0 aromatic rings. The van der Waals surface area contributed by atoms with Gasteiger partial charge in [0.25, 0.3) is 0 Å². The van der Waals surface area contributed by atoms with Gasteiger partial charge in [-0.3, -0.25) is 0 Å². The Labute approximate surface area is 137 Å². The summed E-state index contributed by atoms with van der Waals surface area (Å²) in [6, 6.07) is -0.770. The largest absolute Gasteiger partial charge is 0.458 e. The average Bonchev–Trinajstić information content (AvgIpc) is 2.29. The van der Waals surface area contributed by atoms with Crippen LogP contribution in [0.3, 0.4) is 0 Å². The van der Waals surface area contributed by atoms with Crippen molar-refractivity contribution in [3.8, 4) is 0 Å². The Morgan fingerprint density at radius 3 is 2.00 bits per heavy atom. The Morgan fingerprint density at radius 1 is 1.09 bits per heavy atom. The smallest absolute Gasteiger partial charge is 0.408 e. The Hall–Kier alpha value is -0.950. The number of carbonyl (C=O) groups excluding carboxylic acids is 2. The van der Waals surface area contributed by atoms with Gasteiger partial charge in [0.2, 0.25) is 0 Å². The predicted octanol–water partition coefficient (Wildman–Crippen LogP) is 2.30. The maximum Gasteiger partial charge on any atom is 0.408 e. The van der Waals surface area contributed by atoms with Crippen LogP contribution in [0.2, 0.25) is 0 Å². The molecule has 0 aromatic heterocycles. The van der Waals surface area contributed by atoms with Gasteiger partial charge >= 0.3 is 12.1 Å². The molecular formula is C15H30N2O4S. The third kappa shape index (κ3) is 10.7. The summed E-state index contributed by atoms with van der Waals surface area (Å²) in [4.78, 5) is 24.1. The van der Waals surface area contributed by atoms with E-state index in [0.29, 0.717) is 12.3 Å². The van der Waals surface area contributed by atoms with E-state index in [-0.39, 0.29) is 5.25 Å². The summed E-state index contributed by atoms with van der Waals surface area (Å²) in [5, 5.41) is 2.76. The maximum atomic E-state index is 12.2. The lowest BCUT2D eigenvalue weighted by atomic mass is 10.2. The number of nitrogens with one attached hydrogen (secondary N) is 1. The monoisotopic (exact) mass is 334 g/mol. The zero-order valence-electron chi connectivity index (χ0n) is 14.7. The Kier molecular flexibility index (Phi) is 8.25. The molecule has 0 saturated carbocycles. The van der Waals surface area contributed by atoms with E-state index < -0.39 is 29.3 Å². The van der Waals surface area contributed by atoms with Gasteiger partial charge in [0.05, 0.1) is 0 Å². The first-order valence-corrected chi connectivity index (χ1v) is 8.43. The van der Waals surface area contributed by atoms with Gasteiger partial charge in [-0.05, 0) is 41.5 Å². The van der Waals surface area contributed by atoms with Crippen molar-refractivity contribution in [3.63, 3.8) is 0 Å². The lowest BCUT2D eigenvalue weighted by Gasteiger charge is -2.26. The van der Waals surface area contributed by atoms with E-state index in [1.807, 2.05) is 6.92 Å². The molecule has 2 atom stereocenters. The molecule has 0 rings (SSSR count). The number of alkyl carbamates (subject to hydrolysis) is 1. The number of carbonyl (C=O) groups is 2. The van der Waals surface area contributed by atoms with Crippen LogP contribution in [0.25, 0.3) is 0 Å². The van der Waals surface area contributed by atoms with Crippen molar-refractivity contribution < 1.29 is 19.1 Å².